The Bertz CT molecular complexity index is 645. The van der Waals surface area contributed by atoms with Gasteiger partial charge in [-0.15, -0.1) is 0 Å². The maximum absolute atomic E-state index is 12.9. The lowest BCUT2D eigenvalue weighted by atomic mass is 10.00. The van der Waals surface area contributed by atoms with Crippen LogP contribution in [-0.4, -0.2) is 35.4 Å². The second-order valence-electron chi connectivity index (χ2n) is 5.87. The molecule has 1 saturated heterocycles. The first-order valence-corrected chi connectivity index (χ1v) is 7.94. The number of H-pyrrole nitrogens is 1. The van der Waals surface area contributed by atoms with Crippen LogP contribution in [0.4, 0.5) is 0 Å². The quantitative estimate of drug-likeness (QED) is 0.915. The number of amides is 1. The SMILES string of the molecule is CCc1ccc(C2CNCCN2C(=O)c2c[nH]cc2C)cc1. The van der Waals surface area contributed by atoms with E-state index in [9.17, 15) is 4.79 Å². The van der Waals surface area contributed by atoms with E-state index in [1.165, 1.54) is 11.1 Å². The number of carbonyl (C=O) groups excluding carboxylic acids is 1. The Kier molecular flexibility index (Phi) is 4.29. The van der Waals surface area contributed by atoms with Gasteiger partial charge in [0, 0.05) is 32.0 Å². The molecule has 3 rings (SSSR count). The highest BCUT2D eigenvalue weighted by atomic mass is 16.2. The molecular weight excluding hydrogens is 274 g/mol. The van der Waals surface area contributed by atoms with E-state index in [-0.39, 0.29) is 11.9 Å². The lowest BCUT2D eigenvalue weighted by molar-refractivity contribution is 0.0634. The van der Waals surface area contributed by atoms with Crippen LogP contribution in [0.15, 0.2) is 36.7 Å². The molecule has 22 heavy (non-hydrogen) atoms. The number of hydrogen-bond donors (Lipinski definition) is 2. The van der Waals surface area contributed by atoms with E-state index in [0.717, 1.165) is 37.2 Å². The summed E-state index contributed by atoms with van der Waals surface area (Å²) in [6, 6.07) is 8.73. The summed E-state index contributed by atoms with van der Waals surface area (Å²) in [4.78, 5) is 17.9. The maximum Gasteiger partial charge on any atom is 0.256 e. The molecule has 1 aliphatic rings. The van der Waals surface area contributed by atoms with Gasteiger partial charge in [0.2, 0.25) is 0 Å². The summed E-state index contributed by atoms with van der Waals surface area (Å²) < 4.78 is 0. The molecule has 1 fully saturated rings. The summed E-state index contributed by atoms with van der Waals surface area (Å²) in [6.07, 6.45) is 4.71. The number of carbonyl (C=O) groups is 1. The van der Waals surface area contributed by atoms with E-state index in [2.05, 4.69) is 41.5 Å². The number of nitrogens with one attached hydrogen (secondary N) is 2. The molecule has 4 nitrogen and oxygen atoms in total. The topological polar surface area (TPSA) is 48.1 Å². The lowest BCUT2D eigenvalue weighted by Gasteiger charge is -2.36. The Labute approximate surface area is 131 Å². The molecule has 0 spiro atoms. The number of aromatic amines is 1. The lowest BCUT2D eigenvalue weighted by Crippen LogP contribution is -2.48. The van der Waals surface area contributed by atoms with Crippen molar-refractivity contribution in [2.24, 2.45) is 0 Å². The Morgan fingerprint density at radius 2 is 2.05 bits per heavy atom. The normalized spacial score (nSPS) is 18.5. The first kappa shape index (κ1) is 14.9. The number of piperazine rings is 1. The van der Waals surface area contributed by atoms with E-state index in [4.69, 9.17) is 0 Å². The van der Waals surface area contributed by atoms with E-state index >= 15 is 0 Å². The van der Waals surface area contributed by atoms with Gasteiger partial charge in [0.1, 0.15) is 0 Å². The first-order valence-electron chi connectivity index (χ1n) is 7.94. The summed E-state index contributed by atoms with van der Waals surface area (Å²) in [5.41, 5.74) is 4.30. The van der Waals surface area contributed by atoms with Crippen LogP contribution in [0, 0.1) is 6.92 Å². The molecule has 0 radical (unpaired) electrons. The molecule has 0 saturated carbocycles. The van der Waals surface area contributed by atoms with Crippen molar-refractivity contribution in [3.05, 3.63) is 58.9 Å². The molecule has 4 heteroatoms. The van der Waals surface area contributed by atoms with Crippen LogP contribution in [0.3, 0.4) is 0 Å². The minimum atomic E-state index is 0.0986. The molecule has 0 bridgehead atoms. The van der Waals surface area contributed by atoms with Gasteiger partial charge in [0.15, 0.2) is 0 Å². The summed E-state index contributed by atoms with van der Waals surface area (Å²) in [5.74, 6) is 0.116. The third kappa shape index (κ3) is 2.79. The van der Waals surface area contributed by atoms with Crippen LogP contribution in [0.2, 0.25) is 0 Å². The van der Waals surface area contributed by atoms with Crippen molar-refractivity contribution in [1.82, 2.24) is 15.2 Å². The van der Waals surface area contributed by atoms with Crippen LogP contribution in [0.1, 0.15) is 40.0 Å². The number of hydrogen-bond acceptors (Lipinski definition) is 2. The summed E-state index contributed by atoms with van der Waals surface area (Å²) >= 11 is 0. The molecule has 2 heterocycles. The Morgan fingerprint density at radius 1 is 1.27 bits per heavy atom. The summed E-state index contributed by atoms with van der Waals surface area (Å²) in [5, 5.41) is 3.40. The Hall–Kier alpha value is -2.07. The molecule has 1 amide bonds. The average Bonchev–Trinajstić information content (AvgIpc) is 3.00. The van der Waals surface area contributed by atoms with Gasteiger partial charge in [-0.05, 0) is 30.0 Å². The van der Waals surface area contributed by atoms with Gasteiger partial charge >= 0.3 is 0 Å². The van der Waals surface area contributed by atoms with E-state index in [1.54, 1.807) is 6.20 Å². The largest absolute Gasteiger partial charge is 0.367 e. The molecule has 2 aromatic rings. The van der Waals surface area contributed by atoms with Crippen LogP contribution in [0.5, 0.6) is 0 Å². The molecule has 0 aliphatic carbocycles. The van der Waals surface area contributed by atoms with Crippen LogP contribution in [0.25, 0.3) is 0 Å². The van der Waals surface area contributed by atoms with Gasteiger partial charge in [-0.3, -0.25) is 4.79 Å². The number of aryl methyl sites for hydroxylation is 2. The predicted molar refractivity (Wildman–Crippen MR) is 88.0 cm³/mol. The first-order chi connectivity index (χ1) is 10.7. The fourth-order valence-electron chi connectivity index (χ4n) is 3.05. The van der Waals surface area contributed by atoms with Crippen molar-refractivity contribution < 1.29 is 4.79 Å². The molecule has 1 unspecified atom stereocenters. The van der Waals surface area contributed by atoms with Gasteiger partial charge in [0.25, 0.3) is 5.91 Å². The van der Waals surface area contributed by atoms with E-state index in [0.29, 0.717) is 0 Å². The van der Waals surface area contributed by atoms with Crippen molar-refractivity contribution in [2.75, 3.05) is 19.6 Å². The van der Waals surface area contributed by atoms with Gasteiger partial charge in [-0.2, -0.15) is 0 Å². The fourth-order valence-corrected chi connectivity index (χ4v) is 3.05. The highest BCUT2D eigenvalue weighted by Gasteiger charge is 2.29. The third-order valence-electron chi connectivity index (χ3n) is 4.46. The minimum absolute atomic E-state index is 0.0986. The molecule has 1 aromatic heterocycles. The van der Waals surface area contributed by atoms with Crippen molar-refractivity contribution in [2.45, 2.75) is 26.3 Å². The van der Waals surface area contributed by atoms with Crippen LogP contribution >= 0.6 is 0 Å². The van der Waals surface area contributed by atoms with Crippen molar-refractivity contribution >= 4 is 5.91 Å². The standard InChI is InChI=1S/C18H23N3O/c1-3-14-4-6-15(7-5-14)17-12-19-8-9-21(17)18(22)16-11-20-10-13(16)2/h4-7,10-11,17,19-20H,3,8-9,12H2,1-2H3. The van der Waals surface area contributed by atoms with Crippen molar-refractivity contribution in [3.63, 3.8) is 0 Å². The zero-order valence-corrected chi connectivity index (χ0v) is 13.2. The summed E-state index contributed by atoms with van der Waals surface area (Å²) in [7, 11) is 0. The zero-order valence-electron chi connectivity index (χ0n) is 13.2. The van der Waals surface area contributed by atoms with Crippen molar-refractivity contribution in [3.8, 4) is 0 Å². The zero-order chi connectivity index (χ0) is 15.5. The highest BCUT2D eigenvalue weighted by molar-refractivity contribution is 5.95. The van der Waals surface area contributed by atoms with Gasteiger partial charge in [-0.25, -0.2) is 0 Å². The number of nitrogens with zero attached hydrogens (tertiary/aromatic N) is 1. The van der Waals surface area contributed by atoms with Gasteiger partial charge < -0.3 is 15.2 Å². The molecule has 2 N–H and O–H groups in total. The highest BCUT2D eigenvalue weighted by Crippen LogP contribution is 2.25. The smallest absolute Gasteiger partial charge is 0.256 e. The van der Waals surface area contributed by atoms with Crippen LogP contribution in [-0.2, 0) is 6.42 Å². The van der Waals surface area contributed by atoms with E-state index < -0.39 is 0 Å². The molecule has 1 aliphatic heterocycles. The monoisotopic (exact) mass is 297 g/mol. The maximum atomic E-state index is 12.9. The molecular formula is C18H23N3O. The van der Waals surface area contributed by atoms with E-state index in [1.807, 2.05) is 18.0 Å². The molecule has 1 aromatic carbocycles. The van der Waals surface area contributed by atoms with Gasteiger partial charge in [-0.1, -0.05) is 31.2 Å². The Morgan fingerprint density at radius 3 is 2.68 bits per heavy atom. The van der Waals surface area contributed by atoms with Gasteiger partial charge in [0.05, 0.1) is 11.6 Å². The second-order valence-corrected chi connectivity index (χ2v) is 5.87. The fraction of sp³-hybridized carbons (Fsp3) is 0.389. The number of aromatic nitrogens is 1. The number of benzene rings is 1. The van der Waals surface area contributed by atoms with Crippen molar-refractivity contribution in [1.29, 1.82) is 0 Å². The molecule has 116 valence electrons. The average molecular weight is 297 g/mol. The number of rotatable bonds is 3. The summed E-state index contributed by atoms with van der Waals surface area (Å²) in [6.45, 7) is 6.52. The minimum Gasteiger partial charge on any atom is -0.367 e. The van der Waals surface area contributed by atoms with Crippen LogP contribution < -0.4 is 5.32 Å². The molecule has 1 atom stereocenters. The predicted octanol–water partition coefficient (Wildman–Crippen LogP) is 2.67. The second kappa shape index (κ2) is 6.36. The third-order valence-corrected chi connectivity index (χ3v) is 4.46. The Balaban J connectivity index is 1.87.